The topological polar surface area (TPSA) is 21.6 Å². The molecule has 46 valence electrons. The lowest BCUT2D eigenvalue weighted by molar-refractivity contribution is 0.129. The van der Waals surface area contributed by atoms with Gasteiger partial charge in [-0.1, -0.05) is 0 Å². The van der Waals surface area contributed by atoms with Crippen LogP contribution in [0, 0.1) is 0 Å². The zero-order valence-electron chi connectivity index (χ0n) is 5.56. The molecule has 0 N–H and O–H groups in total. The Kier molecular flexibility index (Phi) is 1.03. The van der Waals surface area contributed by atoms with Crippen molar-refractivity contribution in [3.8, 4) is 0 Å². The lowest BCUT2D eigenvalue weighted by atomic mass is 10.1. The number of nitrogens with zero attached hydrogens (tertiary/aromatic N) is 1. The van der Waals surface area contributed by atoms with E-state index >= 15 is 0 Å². The maximum Gasteiger partial charge on any atom is 0.180 e. The lowest BCUT2D eigenvalue weighted by Gasteiger charge is -2.15. The van der Waals surface area contributed by atoms with Gasteiger partial charge < -0.3 is 4.74 Å². The van der Waals surface area contributed by atoms with E-state index in [0.717, 1.165) is 12.4 Å². The molecule has 0 unspecified atom stereocenters. The second kappa shape index (κ2) is 1.47. The maximum absolute atomic E-state index is 5.30. The molecule has 0 bridgehead atoms. The summed E-state index contributed by atoms with van der Waals surface area (Å²) in [6, 6.07) is 0. The summed E-state index contributed by atoms with van der Waals surface area (Å²) in [5, 5.41) is 0. The van der Waals surface area contributed by atoms with Gasteiger partial charge in [0.1, 0.15) is 5.60 Å². The molecule has 0 fully saturated rings. The van der Waals surface area contributed by atoms with Crippen LogP contribution in [0.25, 0.3) is 0 Å². The van der Waals surface area contributed by atoms with E-state index < -0.39 is 0 Å². The standard InChI is InChI=1S/C6H11NO/c1-5-7-4-6(2,3)8-5/h4H2,1-3H3. The molecule has 0 radical (unpaired) electrons. The molecule has 0 aromatic rings. The first-order valence-electron chi connectivity index (χ1n) is 2.80. The van der Waals surface area contributed by atoms with E-state index in [9.17, 15) is 0 Å². The van der Waals surface area contributed by atoms with Crippen molar-refractivity contribution in [2.45, 2.75) is 26.4 Å². The van der Waals surface area contributed by atoms with Crippen LogP contribution >= 0.6 is 0 Å². The van der Waals surface area contributed by atoms with E-state index in [4.69, 9.17) is 4.74 Å². The number of ether oxygens (including phenoxy) is 1. The average molecular weight is 113 g/mol. The summed E-state index contributed by atoms with van der Waals surface area (Å²) in [4.78, 5) is 4.08. The van der Waals surface area contributed by atoms with Crippen molar-refractivity contribution in [3.05, 3.63) is 0 Å². The molecule has 0 saturated carbocycles. The molecule has 0 aromatic carbocycles. The Morgan fingerprint density at radius 2 is 2.25 bits per heavy atom. The zero-order chi connectivity index (χ0) is 6.20. The summed E-state index contributed by atoms with van der Waals surface area (Å²) in [6.45, 7) is 6.76. The van der Waals surface area contributed by atoms with Crippen LogP contribution in [-0.2, 0) is 4.74 Å². The van der Waals surface area contributed by atoms with Crippen molar-refractivity contribution >= 4 is 5.90 Å². The van der Waals surface area contributed by atoms with Crippen molar-refractivity contribution in [1.82, 2.24) is 0 Å². The Hall–Kier alpha value is -0.530. The predicted octanol–water partition coefficient (Wildman–Crippen LogP) is 1.21. The summed E-state index contributed by atoms with van der Waals surface area (Å²) >= 11 is 0. The molecule has 2 heteroatoms. The van der Waals surface area contributed by atoms with Gasteiger partial charge in [0.05, 0.1) is 6.54 Å². The van der Waals surface area contributed by atoms with Crippen LogP contribution in [0.2, 0.25) is 0 Å². The summed E-state index contributed by atoms with van der Waals surface area (Å²) in [5.41, 5.74) is -0.0376. The van der Waals surface area contributed by atoms with E-state index in [-0.39, 0.29) is 5.60 Å². The highest BCUT2D eigenvalue weighted by Crippen LogP contribution is 2.15. The quantitative estimate of drug-likeness (QED) is 0.462. The van der Waals surface area contributed by atoms with Gasteiger partial charge in [-0.15, -0.1) is 0 Å². The Morgan fingerprint density at radius 3 is 2.38 bits per heavy atom. The first-order valence-corrected chi connectivity index (χ1v) is 2.80. The van der Waals surface area contributed by atoms with Crippen LogP contribution in [0.5, 0.6) is 0 Å². The molecule has 2 nitrogen and oxygen atoms in total. The van der Waals surface area contributed by atoms with Gasteiger partial charge in [0, 0.05) is 6.92 Å². The number of aliphatic imine (C=N–C) groups is 1. The summed E-state index contributed by atoms with van der Waals surface area (Å²) in [7, 11) is 0. The summed E-state index contributed by atoms with van der Waals surface area (Å²) in [5.74, 6) is 0.815. The van der Waals surface area contributed by atoms with Crippen molar-refractivity contribution < 1.29 is 4.74 Å². The number of hydrogen-bond donors (Lipinski definition) is 0. The third kappa shape index (κ3) is 0.997. The van der Waals surface area contributed by atoms with Crippen LogP contribution < -0.4 is 0 Å². The van der Waals surface area contributed by atoms with Crippen molar-refractivity contribution in [2.75, 3.05) is 6.54 Å². The highest BCUT2D eigenvalue weighted by atomic mass is 16.5. The van der Waals surface area contributed by atoms with E-state index in [1.165, 1.54) is 0 Å². The van der Waals surface area contributed by atoms with Gasteiger partial charge in [-0.25, -0.2) is 0 Å². The Morgan fingerprint density at radius 1 is 1.62 bits per heavy atom. The van der Waals surface area contributed by atoms with Crippen LogP contribution in [0.1, 0.15) is 20.8 Å². The predicted molar refractivity (Wildman–Crippen MR) is 33.1 cm³/mol. The van der Waals surface area contributed by atoms with E-state index in [1.807, 2.05) is 20.8 Å². The largest absolute Gasteiger partial charge is 0.473 e. The first kappa shape index (κ1) is 5.60. The molecule has 1 rings (SSSR count). The van der Waals surface area contributed by atoms with Gasteiger partial charge in [-0.3, -0.25) is 4.99 Å². The zero-order valence-corrected chi connectivity index (χ0v) is 5.56. The lowest BCUT2D eigenvalue weighted by Crippen LogP contribution is -2.23. The minimum absolute atomic E-state index is 0.0376. The molecule has 0 saturated heterocycles. The van der Waals surface area contributed by atoms with Crippen molar-refractivity contribution in [1.29, 1.82) is 0 Å². The Labute approximate surface area is 49.6 Å². The fourth-order valence-corrected chi connectivity index (χ4v) is 0.766. The molecule has 1 aliphatic rings. The minimum atomic E-state index is -0.0376. The SMILES string of the molecule is CC1=NCC(C)(C)O1. The van der Waals surface area contributed by atoms with E-state index in [0.29, 0.717) is 0 Å². The van der Waals surface area contributed by atoms with Crippen LogP contribution in [0.15, 0.2) is 4.99 Å². The molecule has 0 amide bonds. The van der Waals surface area contributed by atoms with Gasteiger partial charge in [-0.2, -0.15) is 0 Å². The smallest absolute Gasteiger partial charge is 0.180 e. The minimum Gasteiger partial charge on any atom is -0.473 e. The molecule has 0 atom stereocenters. The number of hydrogen-bond acceptors (Lipinski definition) is 2. The van der Waals surface area contributed by atoms with Gasteiger partial charge >= 0.3 is 0 Å². The second-order valence-corrected chi connectivity index (χ2v) is 2.70. The molecule has 0 aliphatic carbocycles. The molecule has 8 heavy (non-hydrogen) atoms. The number of rotatable bonds is 0. The highest BCUT2D eigenvalue weighted by Gasteiger charge is 2.24. The molecule has 0 aromatic heterocycles. The third-order valence-electron chi connectivity index (χ3n) is 1.11. The van der Waals surface area contributed by atoms with Gasteiger partial charge in [-0.05, 0) is 13.8 Å². The van der Waals surface area contributed by atoms with Crippen molar-refractivity contribution in [2.24, 2.45) is 4.99 Å². The monoisotopic (exact) mass is 113 g/mol. The van der Waals surface area contributed by atoms with Crippen molar-refractivity contribution in [3.63, 3.8) is 0 Å². The molecular formula is C6H11NO. The third-order valence-corrected chi connectivity index (χ3v) is 1.11. The Bertz CT molecular complexity index is 126. The second-order valence-electron chi connectivity index (χ2n) is 2.70. The fraction of sp³-hybridized carbons (Fsp3) is 0.833. The average Bonchev–Trinajstić information content (AvgIpc) is 1.82. The van der Waals surface area contributed by atoms with E-state index in [1.54, 1.807) is 0 Å². The van der Waals surface area contributed by atoms with Crippen LogP contribution in [0.3, 0.4) is 0 Å². The maximum atomic E-state index is 5.30. The highest BCUT2D eigenvalue weighted by molar-refractivity contribution is 5.75. The first-order chi connectivity index (χ1) is 3.60. The molecule has 1 heterocycles. The van der Waals surface area contributed by atoms with Gasteiger partial charge in [0.25, 0.3) is 0 Å². The fourth-order valence-electron chi connectivity index (χ4n) is 0.766. The molecule has 0 spiro atoms. The van der Waals surface area contributed by atoms with Crippen LogP contribution in [-0.4, -0.2) is 18.0 Å². The van der Waals surface area contributed by atoms with E-state index in [2.05, 4.69) is 4.99 Å². The van der Waals surface area contributed by atoms with Gasteiger partial charge in [0.2, 0.25) is 0 Å². The summed E-state index contributed by atoms with van der Waals surface area (Å²) < 4.78 is 5.30. The molecule has 1 aliphatic heterocycles. The normalized spacial score (nSPS) is 24.6. The Balaban J connectivity index is 2.55. The van der Waals surface area contributed by atoms with Gasteiger partial charge in [0.15, 0.2) is 5.90 Å². The van der Waals surface area contributed by atoms with Crippen LogP contribution in [0.4, 0.5) is 0 Å². The summed E-state index contributed by atoms with van der Waals surface area (Å²) in [6.07, 6.45) is 0. The molecular weight excluding hydrogens is 102 g/mol.